The molecule has 0 saturated heterocycles. The number of nitrogens with zero attached hydrogens (tertiary/aromatic N) is 1. The average Bonchev–Trinajstić information content (AvgIpc) is 2.18. The lowest BCUT2D eigenvalue weighted by molar-refractivity contribution is 0.494. The third-order valence-corrected chi connectivity index (χ3v) is 2.66. The molecule has 1 aromatic heterocycles. The second kappa shape index (κ2) is 5.79. The molecule has 1 heterocycles. The molecular formula is C13H20N. The third-order valence-electron chi connectivity index (χ3n) is 2.66. The van der Waals surface area contributed by atoms with Crippen molar-refractivity contribution in [1.29, 1.82) is 0 Å². The Morgan fingerprint density at radius 2 is 2.21 bits per heavy atom. The van der Waals surface area contributed by atoms with Crippen LogP contribution in [0.4, 0.5) is 0 Å². The van der Waals surface area contributed by atoms with Crippen molar-refractivity contribution in [1.82, 2.24) is 4.98 Å². The Hall–Kier alpha value is -0.850. The van der Waals surface area contributed by atoms with Crippen LogP contribution in [0.25, 0.3) is 0 Å². The highest BCUT2D eigenvalue weighted by Gasteiger charge is 2.13. The van der Waals surface area contributed by atoms with E-state index < -0.39 is 0 Å². The molecule has 1 heteroatoms. The summed E-state index contributed by atoms with van der Waals surface area (Å²) in [6.07, 6.45) is 7.50. The van der Waals surface area contributed by atoms with Crippen LogP contribution in [0.2, 0.25) is 0 Å². The van der Waals surface area contributed by atoms with Crippen molar-refractivity contribution in [3.8, 4) is 0 Å². The summed E-state index contributed by atoms with van der Waals surface area (Å²) in [4.78, 5) is 4.15. The Bertz CT molecular complexity index is 241. The molecular weight excluding hydrogens is 170 g/mol. The predicted octanol–water partition coefficient (Wildman–Crippen LogP) is 3.65. The van der Waals surface area contributed by atoms with E-state index in [4.69, 9.17) is 0 Å². The highest BCUT2D eigenvalue weighted by atomic mass is 14.6. The first-order chi connectivity index (χ1) is 6.74. The molecule has 0 aromatic carbocycles. The fourth-order valence-corrected chi connectivity index (χ4v) is 1.75. The lowest BCUT2D eigenvalue weighted by Gasteiger charge is -2.19. The summed E-state index contributed by atoms with van der Waals surface area (Å²) in [7, 11) is 0. The van der Waals surface area contributed by atoms with Gasteiger partial charge in [-0.05, 0) is 36.3 Å². The van der Waals surface area contributed by atoms with E-state index >= 15 is 0 Å². The van der Waals surface area contributed by atoms with Crippen LogP contribution < -0.4 is 0 Å². The molecule has 1 nitrogen and oxygen atoms in total. The van der Waals surface area contributed by atoms with Gasteiger partial charge in [-0.1, -0.05) is 33.3 Å². The van der Waals surface area contributed by atoms with E-state index in [1.54, 1.807) is 0 Å². The van der Waals surface area contributed by atoms with E-state index in [-0.39, 0.29) is 0 Å². The van der Waals surface area contributed by atoms with Gasteiger partial charge in [0.1, 0.15) is 0 Å². The van der Waals surface area contributed by atoms with Gasteiger partial charge in [-0.2, -0.15) is 0 Å². The first-order valence-electron chi connectivity index (χ1n) is 5.43. The lowest BCUT2D eigenvalue weighted by atomic mass is 9.86. The highest BCUT2D eigenvalue weighted by molar-refractivity contribution is 5.11. The Labute approximate surface area is 87.6 Å². The fourth-order valence-electron chi connectivity index (χ4n) is 1.75. The van der Waals surface area contributed by atoms with Crippen LogP contribution in [0.15, 0.2) is 24.5 Å². The Morgan fingerprint density at radius 3 is 2.71 bits per heavy atom. The molecule has 1 rings (SSSR count). The van der Waals surface area contributed by atoms with Gasteiger partial charge < -0.3 is 0 Å². The summed E-state index contributed by atoms with van der Waals surface area (Å²) in [6, 6.07) is 4.18. The van der Waals surface area contributed by atoms with Crippen LogP contribution >= 0.6 is 0 Å². The van der Waals surface area contributed by atoms with E-state index in [1.165, 1.54) is 24.3 Å². The van der Waals surface area contributed by atoms with Crippen LogP contribution in [0, 0.1) is 11.8 Å². The zero-order valence-corrected chi connectivity index (χ0v) is 9.46. The van der Waals surface area contributed by atoms with Crippen molar-refractivity contribution >= 4 is 0 Å². The van der Waals surface area contributed by atoms with E-state index in [1.807, 2.05) is 18.5 Å². The minimum absolute atomic E-state index is 0.726. The van der Waals surface area contributed by atoms with E-state index in [2.05, 4.69) is 31.8 Å². The largest absolute Gasteiger partial charge is 0.264 e. The molecule has 0 N–H and O–H groups in total. The van der Waals surface area contributed by atoms with Gasteiger partial charge >= 0.3 is 0 Å². The van der Waals surface area contributed by atoms with Crippen LogP contribution in [0.1, 0.15) is 39.2 Å². The number of pyridine rings is 1. The average molecular weight is 190 g/mol. The SMILES string of the molecule is CCCC(Cc1cccnc1)[C](C)C. The maximum Gasteiger partial charge on any atom is 0.0299 e. The van der Waals surface area contributed by atoms with Gasteiger partial charge in [-0.3, -0.25) is 4.98 Å². The molecule has 1 atom stereocenters. The number of hydrogen-bond acceptors (Lipinski definition) is 1. The summed E-state index contributed by atoms with van der Waals surface area (Å²) in [6.45, 7) is 6.71. The molecule has 0 aliphatic rings. The first kappa shape index (κ1) is 11.2. The van der Waals surface area contributed by atoms with E-state index in [0.29, 0.717) is 0 Å². The second-order valence-electron chi connectivity index (χ2n) is 4.13. The molecule has 14 heavy (non-hydrogen) atoms. The zero-order valence-electron chi connectivity index (χ0n) is 9.46. The standard InChI is InChI=1S/C13H20N/c1-4-6-13(11(2)3)9-12-7-5-8-14-10-12/h5,7-8,10,13H,4,6,9H2,1-3H3. The number of aromatic nitrogens is 1. The summed E-state index contributed by atoms with van der Waals surface area (Å²) < 4.78 is 0. The first-order valence-corrected chi connectivity index (χ1v) is 5.43. The maximum atomic E-state index is 4.15. The Morgan fingerprint density at radius 1 is 1.43 bits per heavy atom. The monoisotopic (exact) mass is 190 g/mol. The molecule has 1 unspecified atom stereocenters. The smallest absolute Gasteiger partial charge is 0.0299 e. The topological polar surface area (TPSA) is 12.9 Å². The summed E-state index contributed by atoms with van der Waals surface area (Å²) in [5.41, 5.74) is 1.35. The van der Waals surface area contributed by atoms with E-state index in [9.17, 15) is 0 Å². The quantitative estimate of drug-likeness (QED) is 0.690. The van der Waals surface area contributed by atoms with Gasteiger partial charge in [0, 0.05) is 12.4 Å². The molecule has 0 aliphatic heterocycles. The van der Waals surface area contributed by atoms with Gasteiger partial charge in [-0.15, -0.1) is 0 Å². The van der Waals surface area contributed by atoms with Crippen molar-refractivity contribution < 1.29 is 0 Å². The minimum Gasteiger partial charge on any atom is -0.264 e. The number of rotatable bonds is 5. The van der Waals surface area contributed by atoms with Gasteiger partial charge in [0.2, 0.25) is 0 Å². The van der Waals surface area contributed by atoms with Crippen molar-refractivity contribution in [3.63, 3.8) is 0 Å². The molecule has 0 bridgehead atoms. The molecule has 1 aromatic rings. The molecule has 1 radical (unpaired) electrons. The van der Waals surface area contributed by atoms with Crippen LogP contribution in [0.3, 0.4) is 0 Å². The van der Waals surface area contributed by atoms with Gasteiger partial charge in [0.05, 0.1) is 0 Å². The van der Waals surface area contributed by atoms with E-state index in [0.717, 1.165) is 12.3 Å². The Kier molecular flexibility index (Phi) is 4.64. The van der Waals surface area contributed by atoms with Crippen LogP contribution in [-0.2, 0) is 6.42 Å². The molecule has 0 amide bonds. The molecule has 0 saturated carbocycles. The Balaban J connectivity index is 2.55. The molecule has 0 fully saturated rings. The number of hydrogen-bond donors (Lipinski definition) is 0. The van der Waals surface area contributed by atoms with Gasteiger partial charge in [-0.25, -0.2) is 0 Å². The zero-order chi connectivity index (χ0) is 10.4. The van der Waals surface area contributed by atoms with Crippen LogP contribution in [-0.4, -0.2) is 4.98 Å². The lowest BCUT2D eigenvalue weighted by Crippen LogP contribution is -2.10. The highest BCUT2D eigenvalue weighted by Crippen LogP contribution is 2.23. The van der Waals surface area contributed by atoms with Crippen molar-refractivity contribution in [2.24, 2.45) is 5.92 Å². The van der Waals surface area contributed by atoms with Crippen molar-refractivity contribution in [3.05, 3.63) is 36.0 Å². The normalized spacial score (nSPS) is 13.1. The van der Waals surface area contributed by atoms with Crippen molar-refractivity contribution in [2.45, 2.75) is 40.0 Å². The second-order valence-corrected chi connectivity index (χ2v) is 4.13. The molecule has 0 spiro atoms. The molecule has 77 valence electrons. The maximum absolute atomic E-state index is 4.15. The minimum atomic E-state index is 0.726. The molecule has 0 aliphatic carbocycles. The van der Waals surface area contributed by atoms with Crippen molar-refractivity contribution in [2.75, 3.05) is 0 Å². The third kappa shape index (κ3) is 3.49. The fraction of sp³-hybridized carbons (Fsp3) is 0.538. The summed E-state index contributed by atoms with van der Waals surface area (Å²) >= 11 is 0. The summed E-state index contributed by atoms with van der Waals surface area (Å²) in [5, 5.41) is 0. The van der Waals surface area contributed by atoms with Crippen LogP contribution in [0.5, 0.6) is 0 Å². The van der Waals surface area contributed by atoms with Gasteiger partial charge in [0.25, 0.3) is 0 Å². The predicted molar refractivity (Wildman–Crippen MR) is 60.9 cm³/mol. The van der Waals surface area contributed by atoms with Gasteiger partial charge in [0.15, 0.2) is 0 Å². The summed E-state index contributed by atoms with van der Waals surface area (Å²) in [5.74, 6) is 2.26.